The summed E-state index contributed by atoms with van der Waals surface area (Å²) in [5.74, 6) is 7.40. The van der Waals surface area contributed by atoms with E-state index in [1.54, 1.807) is 6.92 Å². The number of benzene rings is 2. The van der Waals surface area contributed by atoms with Crippen molar-refractivity contribution < 1.29 is 39.3 Å². The quantitative estimate of drug-likeness (QED) is 0.0813. The van der Waals surface area contributed by atoms with E-state index in [2.05, 4.69) is 10.3 Å². The van der Waals surface area contributed by atoms with Gasteiger partial charge >= 0.3 is 17.9 Å². The van der Waals surface area contributed by atoms with Crippen LogP contribution in [0.2, 0.25) is 0 Å². The molecule has 2 aromatic carbocycles. The Morgan fingerprint density at radius 3 is 1.70 bits per heavy atom. The number of nitrogens with one attached hydrogen (secondary N) is 1. The monoisotopic (exact) mass is 604 g/mol. The number of pyridine rings is 1. The van der Waals surface area contributed by atoms with E-state index in [1.165, 1.54) is 48.8 Å². The second-order valence-corrected chi connectivity index (χ2v) is 9.00. The zero-order valence-corrected chi connectivity index (χ0v) is 23.1. The van der Waals surface area contributed by atoms with E-state index >= 15 is 0 Å². The second kappa shape index (κ2) is 13.6. The Balaban J connectivity index is 2.05. The first kappa shape index (κ1) is 32.3. The molecule has 0 aliphatic rings. The van der Waals surface area contributed by atoms with Crippen LogP contribution in [0.1, 0.15) is 70.1 Å². The summed E-state index contributed by atoms with van der Waals surface area (Å²) in [6.07, 6.45) is 2.78. The molecule has 0 aliphatic carbocycles. The van der Waals surface area contributed by atoms with Crippen LogP contribution in [0.3, 0.4) is 0 Å². The molecular formula is C28H28N8O8. The van der Waals surface area contributed by atoms with Crippen LogP contribution in [-0.2, 0) is 0 Å². The van der Waals surface area contributed by atoms with Gasteiger partial charge in [-0.05, 0) is 55.5 Å². The molecule has 0 spiro atoms. The van der Waals surface area contributed by atoms with Crippen molar-refractivity contribution in [2.45, 2.75) is 6.92 Å². The Kier molecular flexibility index (Phi) is 9.97. The fourth-order valence-corrected chi connectivity index (χ4v) is 3.85. The molecule has 0 saturated carbocycles. The number of carboxylic acid groups (broad SMARTS) is 3. The molecule has 3 aromatic rings. The Hall–Kier alpha value is -6.26. The van der Waals surface area contributed by atoms with Gasteiger partial charge in [-0.1, -0.05) is 0 Å². The van der Waals surface area contributed by atoms with Crippen LogP contribution in [0.4, 0.5) is 11.4 Å². The number of aldehydes is 1. The lowest BCUT2D eigenvalue weighted by molar-refractivity contribution is 0.0651. The Labute approximate surface area is 249 Å². The number of carbonyl (C=O) groups excluding carboxylic acids is 2. The standard InChI is InChI=1S/C28H28N8O8/c1-2-33-25(38)15-7-23(21(29)11-35(31)16-4-3-14(13-37)19(9-16)27(41)42)34-24(8-15)22(30)12-36(32)17-5-6-18(26(39)40)20(10-17)28(43)44/h3-13H,2,29-32H2,1H3,(H,33,38)(H,39,40)(H,41,42)(H,43,44)/b21-11-,22-12-. The Morgan fingerprint density at radius 2 is 1.25 bits per heavy atom. The molecule has 1 heterocycles. The molecule has 16 heteroatoms. The highest BCUT2D eigenvalue weighted by molar-refractivity contribution is 6.02. The van der Waals surface area contributed by atoms with E-state index in [1.807, 2.05) is 0 Å². The van der Waals surface area contributed by atoms with Crippen molar-refractivity contribution in [2.75, 3.05) is 16.6 Å². The molecule has 1 amide bonds. The van der Waals surface area contributed by atoms with E-state index in [9.17, 15) is 39.3 Å². The number of rotatable bonds is 12. The van der Waals surface area contributed by atoms with Crippen LogP contribution < -0.4 is 38.5 Å². The van der Waals surface area contributed by atoms with Gasteiger partial charge in [0.05, 0.1) is 50.8 Å². The number of carboxylic acids is 3. The van der Waals surface area contributed by atoms with Crippen molar-refractivity contribution in [1.29, 1.82) is 0 Å². The minimum atomic E-state index is -1.48. The second-order valence-electron chi connectivity index (χ2n) is 9.00. The number of nitrogens with zero attached hydrogens (tertiary/aromatic N) is 3. The first-order valence-corrected chi connectivity index (χ1v) is 12.5. The van der Waals surface area contributed by atoms with E-state index in [0.717, 1.165) is 22.2 Å². The van der Waals surface area contributed by atoms with Gasteiger partial charge in [-0.25, -0.2) is 31.1 Å². The topological polar surface area (TPSA) is 282 Å². The predicted molar refractivity (Wildman–Crippen MR) is 159 cm³/mol. The number of anilines is 2. The largest absolute Gasteiger partial charge is 0.478 e. The van der Waals surface area contributed by atoms with Gasteiger partial charge in [-0.15, -0.1) is 0 Å². The molecule has 0 unspecified atom stereocenters. The molecule has 228 valence electrons. The van der Waals surface area contributed by atoms with Crippen molar-refractivity contribution in [3.63, 3.8) is 0 Å². The molecule has 0 saturated heterocycles. The molecule has 44 heavy (non-hydrogen) atoms. The number of hydrogen-bond donors (Lipinski definition) is 8. The number of hydrazine groups is 2. The molecule has 0 radical (unpaired) electrons. The third kappa shape index (κ3) is 7.32. The number of nitrogens with two attached hydrogens (primary N) is 4. The Morgan fingerprint density at radius 1 is 0.773 bits per heavy atom. The van der Waals surface area contributed by atoms with Crippen LogP contribution >= 0.6 is 0 Å². The van der Waals surface area contributed by atoms with Gasteiger partial charge in [0.25, 0.3) is 5.91 Å². The summed E-state index contributed by atoms with van der Waals surface area (Å²) in [5, 5.41) is 32.6. The highest BCUT2D eigenvalue weighted by Gasteiger charge is 2.19. The average Bonchev–Trinajstić information content (AvgIpc) is 2.99. The number of aromatic carboxylic acids is 3. The van der Waals surface area contributed by atoms with Gasteiger partial charge in [0.2, 0.25) is 0 Å². The van der Waals surface area contributed by atoms with Crippen molar-refractivity contribution in [3.05, 3.63) is 100 Å². The van der Waals surface area contributed by atoms with Gasteiger partial charge in [0.1, 0.15) is 0 Å². The van der Waals surface area contributed by atoms with Crippen molar-refractivity contribution in [1.82, 2.24) is 10.3 Å². The molecule has 0 fully saturated rings. The predicted octanol–water partition coefficient (Wildman–Crippen LogP) is 1.01. The van der Waals surface area contributed by atoms with E-state index < -0.39 is 34.9 Å². The van der Waals surface area contributed by atoms with Crippen molar-refractivity contribution in [3.8, 4) is 0 Å². The molecule has 1 aromatic heterocycles. The first-order valence-electron chi connectivity index (χ1n) is 12.5. The zero-order valence-electron chi connectivity index (χ0n) is 23.1. The van der Waals surface area contributed by atoms with Gasteiger partial charge in [-0.2, -0.15) is 0 Å². The zero-order chi connectivity index (χ0) is 32.7. The van der Waals surface area contributed by atoms with Crippen LogP contribution in [0.25, 0.3) is 11.4 Å². The fourth-order valence-electron chi connectivity index (χ4n) is 3.85. The lowest BCUT2D eigenvalue weighted by Crippen LogP contribution is -2.27. The Bertz CT molecular complexity index is 1720. The molecule has 0 atom stereocenters. The highest BCUT2D eigenvalue weighted by Crippen LogP contribution is 2.22. The molecule has 3 rings (SSSR count). The molecule has 0 bridgehead atoms. The summed E-state index contributed by atoms with van der Waals surface area (Å²) in [7, 11) is 0. The molecule has 16 nitrogen and oxygen atoms in total. The summed E-state index contributed by atoms with van der Waals surface area (Å²) in [4.78, 5) is 62.7. The summed E-state index contributed by atoms with van der Waals surface area (Å²) >= 11 is 0. The number of carbonyl (C=O) groups is 5. The minimum absolute atomic E-state index is 0.0308. The van der Waals surface area contributed by atoms with Gasteiger partial charge in [0.15, 0.2) is 6.29 Å². The normalized spacial score (nSPS) is 11.4. The summed E-state index contributed by atoms with van der Waals surface area (Å²) < 4.78 is 0. The minimum Gasteiger partial charge on any atom is -0.478 e. The summed E-state index contributed by atoms with van der Waals surface area (Å²) in [5.41, 5.74) is 11.5. The SMILES string of the molecule is CCNC(=O)c1cc(/C(N)=C/N(N)c2ccc(C=O)c(C(=O)O)c2)nc(/C(N)=C/N(N)c2ccc(C(=O)O)c(C(=O)O)c2)c1. The number of hydrogen-bond acceptors (Lipinski definition) is 12. The number of aromatic nitrogens is 1. The molecule has 12 N–H and O–H groups in total. The molecule has 0 aliphatic heterocycles. The lowest BCUT2D eigenvalue weighted by atomic mass is 10.1. The first-order chi connectivity index (χ1) is 20.8. The summed E-state index contributed by atoms with van der Waals surface area (Å²) in [6, 6.07) is 9.98. The fraction of sp³-hybridized carbons (Fsp3) is 0.0714. The number of amides is 1. The maximum atomic E-state index is 12.7. The lowest BCUT2D eigenvalue weighted by Gasteiger charge is -2.18. The summed E-state index contributed by atoms with van der Waals surface area (Å²) in [6.45, 7) is 2.01. The van der Waals surface area contributed by atoms with Gasteiger partial charge in [-0.3, -0.25) is 19.6 Å². The van der Waals surface area contributed by atoms with Crippen molar-refractivity contribution in [2.24, 2.45) is 23.2 Å². The third-order valence-corrected chi connectivity index (χ3v) is 6.03. The van der Waals surface area contributed by atoms with Crippen LogP contribution in [0, 0.1) is 0 Å². The van der Waals surface area contributed by atoms with E-state index in [-0.39, 0.29) is 50.8 Å². The van der Waals surface area contributed by atoms with Gasteiger partial charge in [0, 0.05) is 30.1 Å². The smallest absolute Gasteiger partial charge is 0.336 e. The third-order valence-electron chi connectivity index (χ3n) is 6.03. The van der Waals surface area contributed by atoms with Crippen molar-refractivity contribution >= 4 is 52.9 Å². The highest BCUT2D eigenvalue weighted by atomic mass is 16.4. The maximum Gasteiger partial charge on any atom is 0.336 e. The average molecular weight is 605 g/mol. The van der Waals surface area contributed by atoms with E-state index in [0.29, 0.717) is 12.8 Å². The maximum absolute atomic E-state index is 12.7. The van der Waals surface area contributed by atoms with Crippen LogP contribution in [-0.4, -0.2) is 56.9 Å². The van der Waals surface area contributed by atoms with Crippen LogP contribution in [0.15, 0.2) is 60.9 Å². The van der Waals surface area contributed by atoms with Gasteiger partial charge < -0.3 is 32.1 Å². The van der Waals surface area contributed by atoms with Crippen LogP contribution in [0.5, 0.6) is 0 Å². The van der Waals surface area contributed by atoms with E-state index in [4.69, 9.17) is 23.2 Å². The molecular weight excluding hydrogens is 576 g/mol.